The van der Waals surface area contributed by atoms with Crippen LogP contribution in [-0.4, -0.2) is 81.0 Å². The van der Waals surface area contributed by atoms with Crippen molar-refractivity contribution in [1.29, 1.82) is 0 Å². The lowest BCUT2D eigenvalue weighted by molar-refractivity contribution is -0.00775. The van der Waals surface area contributed by atoms with Gasteiger partial charge < -0.3 is 19.1 Å². The Hall–Kier alpha value is -1.63. The van der Waals surface area contributed by atoms with Gasteiger partial charge in [-0.3, -0.25) is 9.69 Å². The highest BCUT2D eigenvalue weighted by molar-refractivity contribution is 5.97. The summed E-state index contributed by atoms with van der Waals surface area (Å²) in [6, 6.07) is 8.28. The van der Waals surface area contributed by atoms with E-state index in [-0.39, 0.29) is 12.0 Å². The van der Waals surface area contributed by atoms with Crippen molar-refractivity contribution in [1.82, 2.24) is 9.80 Å². The molecule has 4 rings (SSSR count). The minimum Gasteiger partial charge on any atom is -0.491 e. The second kappa shape index (κ2) is 10.6. The number of carbonyl (C=O) groups is 1. The van der Waals surface area contributed by atoms with Gasteiger partial charge >= 0.3 is 0 Å². The Balaban J connectivity index is 1.53. The first kappa shape index (κ1) is 21.6. The summed E-state index contributed by atoms with van der Waals surface area (Å²) in [5.41, 5.74) is 0.682. The third kappa shape index (κ3) is 5.16. The number of hydrogen-bond donors (Lipinski definition) is 0. The topological polar surface area (TPSA) is 51.2 Å². The van der Waals surface area contributed by atoms with Crippen LogP contribution in [0.1, 0.15) is 48.9 Å². The van der Waals surface area contributed by atoms with E-state index < -0.39 is 0 Å². The summed E-state index contributed by atoms with van der Waals surface area (Å²) in [5.74, 6) is 1.20. The molecule has 1 aromatic rings. The number of hydrogen-bond acceptors (Lipinski definition) is 5. The van der Waals surface area contributed by atoms with E-state index in [4.69, 9.17) is 14.2 Å². The molecule has 3 aliphatic rings. The minimum atomic E-state index is 0.0866. The van der Waals surface area contributed by atoms with E-state index in [0.29, 0.717) is 29.9 Å². The second-order valence-electron chi connectivity index (χ2n) is 8.79. The molecule has 0 aliphatic carbocycles. The number of ether oxygens (including phenoxy) is 3. The van der Waals surface area contributed by atoms with Crippen LogP contribution in [0, 0.1) is 5.92 Å². The normalized spacial score (nSPS) is 27.8. The molecule has 0 N–H and O–H groups in total. The molecule has 6 nitrogen and oxygen atoms in total. The van der Waals surface area contributed by atoms with Crippen molar-refractivity contribution in [3.63, 3.8) is 0 Å². The lowest BCUT2D eigenvalue weighted by Crippen LogP contribution is -2.47. The zero-order valence-electron chi connectivity index (χ0n) is 18.3. The molecular formula is C24H36N2O4. The monoisotopic (exact) mass is 416 g/mol. The summed E-state index contributed by atoms with van der Waals surface area (Å²) < 4.78 is 17.5. The maximum atomic E-state index is 13.3. The van der Waals surface area contributed by atoms with Gasteiger partial charge in [-0.2, -0.15) is 0 Å². The van der Waals surface area contributed by atoms with Crippen molar-refractivity contribution in [3.05, 3.63) is 29.8 Å². The van der Waals surface area contributed by atoms with Gasteiger partial charge in [-0.1, -0.05) is 18.6 Å². The standard InChI is InChI=1S/C24H36N2O4/c1-28-22-9-13-26-18-19(22)6-4-5-12-25(20-10-15-29-16-11-20)14-17-30-23-8-3-2-7-21(23)24(26)27/h2-3,7-8,19-20,22H,4-6,9-18H2,1H3/t19-,22+/m0/s1. The molecule has 166 valence electrons. The van der Waals surface area contributed by atoms with Crippen molar-refractivity contribution < 1.29 is 19.0 Å². The van der Waals surface area contributed by atoms with Gasteiger partial charge in [0.2, 0.25) is 0 Å². The van der Waals surface area contributed by atoms with Crippen LogP contribution in [0.15, 0.2) is 24.3 Å². The molecule has 30 heavy (non-hydrogen) atoms. The van der Waals surface area contributed by atoms with E-state index in [1.165, 1.54) is 12.8 Å². The molecule has 2 fully saturated rings. The van der Waals surface area contributed by atoms with Crippen LogP contribution in [0.25, 0.3) is 0 Å². The molecule has 1 aromatic carbocycles. The molecule has 2 saturated heterocycles. The van der Waals surface area contributed by atoms with Gasteiger partial charge in [0.25, 0.3) is 5.91 Å². The summed E-state index contributed by atoms with van der Waals surface area (Å²) in [7, 11) is 1.81. The third-order valence-corrected chi connectivity index (χ3v) is 6.99. The number of rotatable bonds is 2. The Morgan fingerprint density at radius 3 is 2.63 bits per heavy atom. The summed E-state index contributed by atoms with van der Waals surface area (Å²) in [6.45, 7) is 5.83. The molecule has 3 heterocycles. The Labute approximate surface area is 180 Å². The lowest BCUT2D eigenvalue weighted by Gasteiger charge is -2.39. The Morgan fingerprint density at radius 1 is 0.967 bits per heavy atom. The van der Waals surface area contributed by atoms with Crippen LogP contribution in [-0.2, 0) is 9.47 Å². The first-order valence-corrected chi connectivity index (χ1v) is 11.6. The summed E-state index contributed by atoms with van der Waals surface area (Å²) >= 11 is 0. The van der Waals surface area contributed by atoms with E-state index in [1.54, 1.807) is 0 Å². The number of carbonyl (C=O) groups excluding carboxylic acids is 1. The molecule has 0 spiro atoms. The number of benzene rings is 1. The highest BCUT2D eigenvalue weighted by atomic mass is 16.5. The fourth-order valence-corrected chi connectivity index (χ4v) is 5.24. The largest absolute Gasteiger partial charge is 0.491 e. The Kier molecular flexibility index (Phi) is 7.63. The van der Waals surface area contributed by atoms with Gasteiger partial charge in [-0.05, 0) is 50.8 Å². The number of fused-ring (bicyclic) bond motifs is 3. The predicted octanol–water partition coefficient (Wildman–Crippen LogP) is 3.21. The van der Waals surface area contributed by atoms with E-state index >= 15 is 0 Å². The molecule has 0 unspecified atom stereocenters. The highest BCUT2D eigenvalue weighted by Gasteiger charge is 2.33. The molecule has 6 heteroatoms. The van der Waals surface area contributed by atoms with Gasteiger partial charge in [0, 0.05) is 51.9 Å². The number of piperidine rings is 1. The molecule has 0 aromatic heterocycles. The van der Waals surface area contributed by atoms with E-state index in [1.807, 2.05) is 36.3 Å². The first-order valence-electron chi connectivity index (χ1n) is 11.6. The van der Waals surface area contributed by atoms with Crippen LogP contribution < -0.4 is 4.74 Å². The van der Waals surface area contributed by atoms with Crippen LogP contribution >= 0.6 is 0 Å². The zero-order valence-corrected chi connectivity index (χ0v) is 18.3. The summed E-state index contributed by atoms with van der Waals surface area (Å²) in [5, 5.41) is 0. The second-order valence-corrected chi connectivity index (χ2v) is 8.79. The van der Waals surface area contributed by atoms with Crippen LogP contribution in [0.4, 0.5) is 0 Å². The van der Waals surface area contributed by atoms with Gasteiger partial charge in [0.05, 0.1) is 11.7 Å². The number of para-hydroxylation sites is 1. The average molecular weight is 417 g/mol. The number of nitrogens with zero attached hydrogens (tertiary/aromatic N) is 2. The molecule has 2 bridgehead atoms. The third-order valence-electron chi connectivity index (χ3n) is 6.99. The van der Waals surface area contributed by atoms with E-state index in [0.717, 1.165) is 65.1 Å². The fourth-order valence-electron chi connectivity index (χ4n) is 5.24. The first-order chi connectivity index (χ1) is 14.8. The fraction of sp³-hybridized carbons (Fsp3) is 0.708. The minimum absolute atomic E-state index is 0.0866. The van der Waals surface area contributed by atoms with Crippen LogP contribution in [0.5, 0.6) is 5.75 Å². The molecule has 2 atom stereocenters. The van der Waals surface area contributed by atoms with Crippen molar-refractivity contribution in [2.75, 3.05) is 53.1 Å². The van der Waals surface area contributed by atoms with Crippen LogP contribution in [0.2, 0.25) is 0 Å². The molecule has 0 radical (unpaired) electrons. The van der Waals surface area contributed by atoms with E-state index in [9.17, 15) is 4.79 Å². The quantitative estimate of drug-likeness (QED) is 0.741. The van der Waals surface area contributed by atoms with Crippen LogP contribution in [0.3, 0.4) is 0 Å². The van der Waals surface area contributed by atoms with Gasteiger partial charge in [-0.25, -0.2) is 0 Å². The maximum Gasteiger partial charge on any atom is 0.257 e. The highest BCUT2D eigenvalue weighted by Crippen LogP contribution is 2.28. The Bertz CT molecular complexity index is 692. The average Bonchev–Trinajstić information content (AvgIpc) is 2.80. The van der Waals surface area contributed by atoms with Gasteiger partial charge in [0.1, 0.15) is 12.4 Å². The lowest BCUT2D eigenvalue weighted by atomic mass is 9.89. The van der Waals surface area contributed by atoms with E-state index in [2.05, 4.69) is 4.90 Å². The number of amides is 1. The van der Waals surface area contributed by atoms with Crippen molar-refractivity contribution >= 4 is 5.91 Å². The van der Waals surface area contributed by atoms with Gasteiger partial charge in [-0.15, -0.1) is 0 Å². The van der Waals surface area contributed by atoms with Crippen molar-refractivity contribution in [3.8, 4) is 5.75 Å². The molecule has 3 aliphatic heterocycles. The summed E-state index contributed by atoms with van der Waals surface area (Å²) in [4.78, 5) is 17.9. The predicted molar refractivity (Wildman–Crippen MR) is 116 cm³/mol. The van der Waals surface area contributed by atoms with Gasteiger partial charge in [0.15, 0.2) is 0 Å². The smallest absolute Gasteiger partial charge is 0.257 e. The molecule has 1 amide bonds. The number of methoxy groups -OCH3 is 1. The molecule has 0 saturated carbocycles. The summed E-state index contributed by atoms with van der Waals surface area (Å²) in [6.07, 6.45) is 6.81. The van der Waals surface area contributed by atoms with Crippen molar-refractivity contribution in [2.24, 2.45) is 5.92 Å². The maximum absolute atomic E-state index is 13.3. The van der Waals surface area contributed by atoms with Crippen molar-refractivity contribution in [2.45, 2.75) is 50.7 Å². The SMILES string of the molecule is CO[C@@H]1CCN2C[C@@H]1CCCCN(C1CCOCC1)CCOc1ccccc1C2=O. The zero-order chi connectivity index (χ0) is 20.8. The Morgan fingerprint density at radius 2 is 1.80 bits per heavy atom. The molecular weight excluding hydrogens is 380 g/mol.